The third-order valence-corrected chi connectivity index (χ3v) is 7.26. The van der Waals surface area contributed by atoms with Crippen molar-refractivity contribution in [2.24, 2.45) is 5.92 Å². The highest BCUT2D eigenvalue weighted by Crippen LogP contribution is 2.36. The van der Waals surface area contributed by atoms with Crippen LogP contribution < -0.4 is 15.4 Å². The van der Waals surface area contributed by atoms with Crippen molar-refractivity contribution in [3.05, 3.63) is 47.5 Å². The van der Waals surface area contributed by atoms with Crippen molar-refractivity contribution < 1.29 is 23.5 Å². The molecule has 1 amide bonds. The smallest absolute Gasteiger partial charge is 0.320 e. The van der Waals surface area contributed by atoms with Gasteiger partial charge in [0, 0.05) is 43.3 Å². The lowest BCUT2D eigenvalue weighted by Crippen LogP contribution is -2.48. The lowest BCUT2D eigenvalue weighted by atomic mass is 10.1. The second kappa shape index (κ2) is 13.8. The Balaban J connectivity index is 1.27. The summed E-state index contributed by atoms with van der Waals surface area (Å²) in [6.45, 7) is 6.39. The van der Waals surface area contributed by atoms with Gasteiger partial charge in [-0.3, -0.25) is 19.4 Å². The summed E-state index contributed by atoms with van der Waals surface area (Å²) < 4.78 is 24.7. The number of hydrogen-bond donors (Lipinski definition) is 2. The zero-order valence-electron chi connectivity index (χ0n) is 23.3. The highest BCUT2D eigenvalue weighted by atomic mass is 35.5. The Labute approximate surface area is 248 Å². The van der Waals surface area contributed by atoms with Gasteiger partial charge in [0.2, 0.25) is 0 Å². The second-order valence-electron chi connectivity index (χ2n) is 10.2. The SMILES string of the molecule is CCOC(=O)CN1CCN(CC#CC(=O)Nc2cc3c(Nc4ccc(F)c(Cl)c4)ncnc3cc2OCC2CC2)CC1. The molecule has 0 spiro atoms. The molecule has 1 saturated heterocycles. The number of esters is 1. The lowest BCUT2D eigenvalue weighted by Gasteiger charge is -2.32. The maximum absolute atomic E-state index is 13.6. The third kappa shape index (κ3) is 8.06. The minimum atomic E-state index is -0.519. The maximum Gasteiger partial charge on any atom is 0.320 e. The molecule has 0 radical (unpaired) electrons. The molecule has 1 aliphatic carbocycles. The van der Waals surface area contributed by atoms with Gasteiger partial charge in [0.15, 0.2) is 0 Å². The maximum atomic E-state index is 13.6. The molecule has 220 valence electrons. The van der Waals surface area contributed by atoms with Crippen LogP contribution in [-0.2, 0) is 14.3 Å². The molecule has 0 atom stereocenters. The van der Waals surface area contributed by atoms with Crippen molar-refractivity contribution in [2.75, 3.05) is 63.1 Å². The number of anilines is 3. The number of fused-ring (bicyclic) bond motifs is 1. The van der Waals surface area contributed by atoms with Gasteiger partial charge in [-0.15, -0.1) is 0 Å². The highest BCUT2D eigenvalue weighted by molar-refractivity contribution is 6.31. The Morgan fingerprint density at radius 3 is 2.64 bits per heavy atom. The first kappa shape index (κ1) is 29.5. The predicted molar refractivity (Wildman–Crippen MR) is 158 cm³/mol. The van der Waals surface area contributed by atoms with Gasteiger partial charge < -0.3 is 20.1 Å². The summed E-state index contributed by atoms with van der Waals surface area (Å²) in [5.41, 5.74) is 1.61. The number of nitrogens with zero attached hydrogens (tertiary/aromatic N) is 4. The van der Waals surface area contributed by atoms with E-state index in [1.165, 1.54) is 18.5 Å². The van der Waals surface area contributed by atoms with E-state index in [2.05, 4.69) is 42.2 Å². The minimum absolute atomic E-state index is 0.0146. The number of amides is 1. The summed E-state index contributed by atoms with van der Waals surface area (Å²) in [6.07, 6.45) is 3.66. The van der Waals surface area contributed by atoms with E-state index in [4.69, 9.17) is 21.1 Å². The summed E-state index contributed by atoms with van der Waals surface area (Å²) >= 11 is 5.95. The molecule has 12 heteroatoms. The van der Waals surface area contributed by atoms with Crippen LogP contribution in [0.3, 0.4) is 0 Å². The average Bonchev–Trinajstić information content (AvgIpc) is 3.80. The van der Waals surface area contributed by atoms with E-state index in [1.807, 2.05) is 0 Å². The average molecular weight is 595 g/mol. The van der Waals surface area contributed by atoms with Gasteiger partial charge in [-0.2, -0.15) is 0 Å². The van der Waals surface area contributed by atoms with Gasteiger partial charge in [-0.05, 0) is 55.9 Å². The molecule has 3 aromatic rings. The molecule has 1 aromatic heterocycles. The van der Waals surface area contributed by atoms with Gasteiger partial charge in [0.05, 0.1) is 42.5 Å². The van der Waals surface area contributed by atoms with Crippen LogP contribution in [0.15, 0.2) is 36.7 Å². The molecule has 10 nitrogen and oxygen atoms in total. The summed E-state index contributed by atoms with van der Waals surface area (Å²) in [4.78, 5) is 37.5. The van der Waals surface area contributed by atoms with Crippen molar-refractivity contribution >= 4 is 51.6 Å². The number of hydrogen-bond acceptors (Lipinski definition) is 9. The van der Waals surface area contributed by atoms with Crippen molar-refractivity contribution in [2.45, 2.75) is 19.8 Å². The largest absolute Gasteiger partial charge is 0.491 e. The monoisotopic (exact) mass is 594 g/mol. The van der Waals surface area contributed by atoms with E-state index >= 15 is 0 Å². The van der Waals surface area contributed by atoms with Crippen LogP contribution in [0.2, 0.25) is 5.02 Å². The fourth-order valence-electron chi connectivity index (χ4n) is 4.48. The van der Waals surface area contributed by atoms with Gasteiger partial charge in [0.25, 0.3) is 5.91 Å². The van der Waals surface area contributed by atoms with Gasteiger partial charge >= 0.3 is 5.97 Å². The van der Waals surface area contributed by atoms with Crippen molar-refractivity contribution in [3.8, 4) is 17.6 Å². The highest BCUT2D eigenvalue weighted by Gasteiger charge is 2.23. The van der Waals surface area contributed by atoms with Gasteiger partial charge in [-0.25, -0.2) is 14.4 Å². The molecule has 5 rings (SSSR count). The quantitative estimate of drug-likeness (QED) is 0.265. The number of rotatable bonds is 10. The standard InChI is InChI=1S/C30H32ClFN6O4/c1-2-41-29(40)17-38-12-10-37(11-13-38)9-3-4-28(39)36-26-15-22-25(16-27(26)42-18-20-5-6-20)33-19-34-30(22)35-21-7-8-24(32)23(31)14-21/h7-8,14-16,19-20H,2,5-6,9-13,17-18H2,1H3,(H,36,39)(H,33,34,35). The Kier molecular flexibility index (Phi) is 9.69. The lowest BCUT2D eigenvalue weighted by molar-refractivity contribution is -0.144. The number of ether oxygens (including phenoxy) is 2. The molecular formula is C30H32ClFN6O4. The summed E-state index contributed by atoms with van der Waals surface area (Å²) in [7, 11) is 0. The van der Waals surface area contributed by atoms with Gasteiger partial charge in [0.1, 0.15) is 23.7 Å². The van der Waals surface area contributed by atoms with Crippen molar-refractivity contribution in [3.63, 3.8) is 0 Å². The molecule has 2 aliphatic rings. The number of benzene rings is 2. The van der Waals surface area contributed by atoms with E-state index in [9.17, 15) is 14.0 Å². The molecule has 0 bridgehead atoms. The summed E-state index contributed by atoms with van der Waals surface area (Å²) in [5, 5.41) is 6.62. The van der Waals surface area contributed by atoms with Crippen molar-refractivity contribution in [1.82, 2.24) is 19.8 Å². The third-order valence-electron chi connectivity index (χ3n) is 6.97. The van der Waals surface area contributed by atoms with Crippen LogP contribution in [0.5, 0.6) is 5.75 Å². The van der Waals surface area contributed by atoms with E-state index in [-0.39, 0.29) is 17.5 Å². The first-order chi connectivity index (χ1) is 20.4. The molecular weight excluding hydrogens is 563 g/mol. The molecule has 2 N–H and O–H groups in total. The molecule has 2 fully saturated rings. The molecule has 1 saturated carbocycles. The zero-order chi connectivity index (χ0) is 29.5. The second-order valence-corrected chi connectivity index (χ2v) is 10.6. The van der Waals surface area contributed by atoms with Crippen molar-refractivity contribution in [1.29, 1.82) is 0 Å². The number of carbonyl (C=O) groups is 2. The summed E-state index contributed by atoms with van der Waals surface area (Å²) in [5.74, 6) is 5.89. The molecule has 42 heavy (non-hydrogen) atoms. The number of nitrogens with one attached hydrogen (secondary N) is 2. The Hall–Kier alpha value is -3.98. The number of halogens is 2. The Morgan fingerprint density at radius 1 is 1.12 bits per heavy atom. The molecule has 0 unspecified atom stereocenters. The fraction of sp³-hybridized carbons (Fsp3) is 0.400. The fourth-order valence-corrected chi connectivity index (χ4v) is 4.66. The normalized spacial score (nSPS) is 15.5. The number of piperazine rings is 1. The minimum Gasteiger partial charge on any atom is -0.491 e. The van der Waals surface area contributed by atoms with E-state index in [0.717, 1.165) is 39.0 Å². The first-order valence-corrected chi connectivity index (χ1v) is 14.3. The van der Waals surface area contributed by atoms with Crippen LogP contribution in [0.4, 0.5) is 21.6 Å². The molecule has 1 aliphatic heterocycles. The van der Waals surface area contributed by atoms with Crippen LogP contribution >= 0.6 is 11.6 Å². The first-order valence-electron chi connectivity index (χ1n) is 13.9. The van der Waals surface area contributed by atoms with E-state index in [0.29, 0.717) is 59.5 Å². The van der Waals surface area contributed by atoms with E-state index < -0.39 is 11.7 Å². The predicted octanol–water partition coefficient (Wildman–Crippen LogP) is 4.08. The Bertz CT molecular complexity index is 1510. The number of carbonyl (C=O) groups excluding carboxylic acids is 2. The van der Waals surface area contributed by atoms with Crippen LogP contribution in [0, 0.1) is 23.6 Å². The summed E-state index contributed by atoms with van der Waals surface area (Å²) in [6, 6.07) is 7.80. The molecule has 2 heterocycles. The van der Waals surface area contributed by atoms with Gasteiger partial charge in [-0.1, -0.05) is 17.5 Å². The Morgan fingerprint density at radius 2 is 1.90 bits per heavy atom. The van der Waals surface area contributed by atoms with Crippen LogP contribution in [0.1, 0.15) is 19.8 Å². The molecule has 2 aromatic carbocycles. The topological polar surface area (TPSA) is 109 Å². The number of aromatic nitrogens is 2. The van der Waals surface area contributed by atoms with Crippen LogP contribution in [-0.4, -0.2) is 84.1 Å². The van der Waals surface area contributed by atoms with Crippen LogP contribution in [0.25, 0.3) is 10.9 Å². The zero-order valence-corrected chi connectivity index (χ0v) is 24.0. The van der Waals surface area contributed by atoms with E-state index in [1.54, 1.807) is 25.1 Å².